The van der Waals surface area contributed by atoms with Gasteiger partial charge in [-0.25, -0.2) is 14.3 Å². The zero-order chi connectivity index (χ0) is 22.2. The van der Waals surface area contributed by atoms with Crippen LogP contribution in [0.4, 0.5) is 10.1 Å². The number of fused-ring (bicyclic) bond motifs is 1. The number of nitrogens with one attached hydrogen (secondary N) is 1. The van der Waals surface area contributed by atoms with Crippen LogP contribution in [-0.4, -0.2) is 22.8 Å². The number of thiazole rings is 1. The molecule has 4 aromatic rings. The average molecular weight is 446 g/mol. The molecule has 1 saturated heterocycles. The van der Waals surface area contributed by atoms with Crippen molar-refractivity contribution in [3.05, 3.63) is 83.7 Å². The molecule has 0 saturated carbocycles. The smallest absolute Gasteiger partial charge is 0.251 e. The van der Waals surface area contributed by atoms with Gasteiger partial charge in [0.15, 0.2) is 0 Å². The number of carbonyl (C=O) groups excluding carboxylic acids is 2. The fraction of sp³-hybridized carbons (Fsp3) is 0.160. The van der Waals surface area contributed by atoms with Crippen molar-refractivity contribution < 1.29 is 14.0 Å². The zero-order valence-electron chi connectivity index (χ0n) is 17.3. The monoisotopic (exact) mass is 445 g/mol. The Bertz CT molecular complexity index is 1330. The van der Waals surface area contributed by atoms with Gasteiger partial charge in [-0.3, -0.25) is 9.59 Å². The number of aryl methyl sites for hydroxylation is 1. The molecular weight excluding hydrogens is 425 g/mol. The summed E-state index contributed by atoms with van der Waals surface area (Å²) in [7, 11) is 0. The van der Waals surface area contributed by atoms with E-state index in [1.54, 1.807) is 35.6 Å². The molecule has 2 heterocycles. The lowest BCUT2D eigenvalue weighted by molar-refractivity contribution is -0.121. The van der Waals surface area contributed by atoms with Crippen LogP contribution in [0, 0.1) is 12.7 Å². The summed E-state index contributed by atoms with van der Waals surface area (Å²) in [5.41, 5.74) is 4.34. The third-order valence-corrected chi connectivity index (χ3v) is 6.57. The Morgan fingerprint density at radius 3 is 2.69 bits per heavy atom. The molecule has 0 aliphatic carbocycles. The lowest BCUT2D eigenvalue weighted by atomic mass is 10.2. The van der Waals surface area contributed by atoms with E-state index in [0.717, 1.165) is 26.4 Å². The Morgan fingerprint density at radius 1 is 1.09 bits per heavy atom. The summed E-state index contributed by atoms with van der Waals surface area (Å²) in [4.78, 5) is 31.3. The minimum atomic E-state index is -0.627. The normalized spacial score (nSPS) is 16.3. The molecule has 3 aromatic carbocycles. The van der Waals surface area contributed by atoms with Crippen LogP contribution in [0.5, 0.6) is 0 Å². The number of carbonyl (C=O) groups is 2. The van der Waals surface area contributed by atoms with Gasteiger partial charge in [-0.1, -0.05) is 18.2 Å². The SMILES string of the molecule is Cc1ccc2nc(-c3ccc(N4C(=O)CC(NCc5cccc(F)c5)C4=O)cc3)sc2c1. The summed E-state index contributed by atoms with van der Waals surface area (Å²) in [6.45, 7) is 2.36. The van der Waals surface area contributed by atoms with Crippen LogP contribution in [0.1, 0.15) is 17.5 Å². The van der Waals surface area contributed by atoms with E-state index in [-0.39, 0.29) is 24.1 Å². The van der Waals surface area contributed by atoms with Crippen LogP contribution in [0.3, 0.4) is 0 Å². The number of hydrogen-bond acceptors (Lipinski definition) is 5. The van der Waals surface area contributed by atoms with Crippen molar-refractivity contribution in [3.8, 4) is 10.6 Å². The fourth-order valence-electron chi connectivity index (χ4n) is 3.86. The second-order valence-electron chi connectivity index (χ2n) is 7.87. The van der Waals surface area contributed by atoms with Crippen LogP contribution in [0.15, 0.2) is 66.7 Å². The third-order valence-electron chi connectivity index (χ3n) is 5.50. The second kappa shape index (κ2) is 8.26. The van der Waals surface area contributed by atoms with Gasteiger partial charge in [0.05, 0.1) is 28.4 Å². The van der Waals surface area contributed by atoms with E-state index < -0.39 is 6.04 Å². The highest BCUT2D eigenvalue weighted by Gasteiger charge is 2.39. The van der Waals surface area contributed by atoms with E-state index >= 15 is 0 Å². The lowest BCUT2D eigenvalue weighted by Gasteiger charge is -2.16. The maximum atomic E-state index is 13.4. The average Bonchev–Trinajstić information content (AvgIpc) is 3.32. The highest BCUT2D eigenvalue weighted by Crippen LogP contribution is 2.32. The predicted molar refractivity (Wildman–Crippen MR) is 124 cm³/mol. The largest absolute Gasteiger partial charge is 0.301 e. The second-order valence-corrected chi connectivity index (χ2v) is 8.90. The van der Waals surface area contributed by atoms with Crippen molar-refractivity contribution in [2.45, 2.75) is 25.9 Å². The first-order chi connectivity index (χ1) is 15.5. The van der Waals surface area contributed by atoms with Gasteiger partial charge in [0.25, 0.3) is 5.91 Å². The summed E-state index contributed by atoms with van der Waals surface area (Å²) in [6.07, 6.45) is 0.0765. The first kappa shape index (κ1) is 20.5. The van der Waals surface area contributed by atoms with Crippen LogP contribution >= 0.6 is 11.3 Å². The number of amides is 2. The standard InChI is InChI=1S/C25H20FN3O2S/c1-15-5-10-20-22(11-15)32-24(28-20)17-6-8-19(9-7-17)29-23(30)13-21(25(29)31)27-14-16-3-2-4-18(26)12-16/h2-12,21,27H,13-14H2,1H3. The molecule has 0 spiro atoms. The molecule has 1 aromatic heterocycles. The molecule has 5 nitrogen and oxygen atoms in total. The van der Waals surface area contributed by atoms with Gasteiger partial charge in [0.2, 0.25) is 5.91 Å². The summed E-state index contributed by atoms with van der Waals surface area (Å²) in [5, 5.41) is 3.97. The molecule has 160 valence electrons. The molecule has 32 heavy (non-hydrogen) atoms. The van der Waals surface area contributed by atoms with E-state index in [4.69, 9.17) is 0 Å². The Hall–Kier alpha value is -3.42. The number of benzene rings is 3. The number of rotatable bonds is 5. The highest BCUT2D eigenvalue weighted by molar-refractivity contribution is 7.21. The quantitative estimate of drug-likeness (QED) is 0.447. The van der Waals surface area contributed by atoms with Gasteiger partial charge in [-0.2, -0.15) is 0 Å². The molecule has 5 rings (SSSR count). The lowest BCUT2D eigenvalue weighted by Crippen LogP contribution is -2.38. The maximum Gasteiger partial charge on any atom is 0.251 e. The molecule has 2 amide bonds. The number of halogens is 1. The topological polar surface area (TPSA) is 62.3 Å². The van der Waals surface area contributed by atoms with Crippen molar-refractivity contribution in [2.75, 3.05) is 4.90 Å². The first-order valence-electron chi connectivity index (χ1n) is 10.3. The Labute approximate surface area is 188 Å². The van der Waals surface area contributed by atoms with E-state index in [0.29, 0.717) is 12.2 Å². The molecular formula is C25H20FN3O2S. The molecule has 0 radical (unpaired) electrons. The van der Waals surface area contributed by atoms with E-state index in [2.05, 4.69) is 23.3 Å². The molecule has 1 aliphatic rings. The number of hydrogen-bond donors (Lipinski definition) is 1. The molecule has 1 unspecified atom stereocenters. The van der Waals surface area contributed by atoms with Crippen molar-refractivity contribution >= 4 is 39.1 Å². The molecule has 0 bridgehead atoms. The van der Waals surface area contributed by atoms with E-state index in [1.807, 2.05) is 24.3 Å². The molecule has 1 atom stereocenters. The summed E-state index contributed by atoms with van der Waals surface area (Å²) in [5.74, 6) is -0.882. The van der Waals surface area contributed by atoms with E-state index in [9.17, 15) is 14.0 Å². The van der Waals surface area contributed by atoms with Crippen LogP contribution in [-0.2, 0) is 16.1 Å². The highest BCUT2D eigenvalue weighted by atomic mass is 32.1. The zero-order valence-corrected chi connectivity index (χ0v) is 18.2. The maximum absolute atomic E-state index is 13.4. The van der Waals surface area contributed by atoms with Gasteiger partial charge in [0.1, 0.15) is 10.8 Å². The number of nitrogens with zero attached hydrogens (tertiary/aromatic N) is 2. The summed E-state index contributed by atoms with van der Waals surface area (Å²) in [6, 6.07) is 19.0. The molecule has 1 N–H and O–H groups in total. The molecule has 1 aliphatic heterocycles. The predicted octanol–water partition coefficient (Wildman–Crippen LogP) is 4.83. The number of anilines is 1. The van der Waals surface area contributed by atoms with Gasteiger partial charge in [-0.05, 0) is 66.6 Å². The van der Waals surface area contributed by atoms with Gasteiger partial charge >= 0.3 is 0 Å². The molecule has 1 fully saturated rings. The van der Waals surface area contributed by atoms with E-state index in [1.165, 1.54) is 22.6 Å². The van der Waals surface area contributed by atoms with Gasteiger partial charge in [-0.15, -0.1) is 11.3 Å². The van der Waals surface area contributed by atoms with Crippen LogP contribution < -0.4 is 10.2 Å². The van der Waals surface area contributed by atoms with Crippen molar-refractivity contribution in [1.82, 2.24) is 10.3 Å². The summed E-state index contributed by atoms with van der Waals surface area (Å²) >= 11 is 1.61. The van der Waals surface area contributed by atoms with Crippen LogP contribution in [0.2, 0.25) is 0 Å². The third kappa shape index (κ3) is 3.92. The van der Waals surface area contributed by atoms with Gasteiger partial charge in [0, 0.05) is 12.1 Å². The van der Waals surface area contributed by atoms with Crippen LogP contribution in [0.25, 0.3) is 20.8 Å². The minimum Gasteiger partial charge on any atom is -0.301 e. The van der Waals surface area contributed by atoms with Crippen molar-refractivity contribution in [3.63, 3.8) is 0 Å². The molecule has 7 heteroatoms. The minimum absolute atomic E-state index is 0.0765. The number of imide groups is 1. The first-order valence-corrected chi connectivity index (χ1v) is 11.1. The number of aromatic nitrogens is 1. The Balaban J connectivity index is 1.31. The Morgan fingerprint density at radius 2 is 1.91 bits per heavy atom. The Kier molecular flexibility index (Phi) is 5.28. The summed E-state index contributed by atoms with van der Waals surface area (Å²) < 4.78 is 14.5. The van der Waals surface area contributed by atoms with Gasteiger partial charge < -0.3 is 5.32 Å². The van der Waals surface area contributed by atoms with Crippen molar-refractivity contribution in [2.24, 2.45) is 0 Å². The van der Waals surface area contributed by atoms with Crippen molar-refractivity contribution in [1.29, 1.82) is 0 Å². The fourth-order valence-corrected chi connectivity index (χ4v) is 4.93.